The van der Waals surface area contributed by atoms with Crippen LogP contribution in [0.4, 0.5) is 0 Å². The molecule has 0 amide bonds. The summed E-state index contributed by atoms with van der Waals surface area (Å²) in [5.74, 6) is 0.652. The van der Waals surface area contributed by atoms with Crippen molar-refractivity contribution in [3.63, 3.8) is 0 Å². The van der Waals surface area contributed by atoms with Gasteiger partial charge in [-0.1, -0.05) is 12.8 Å². The van der Waals surface area contributed by atoms with E-state index in [4.69, 9.17) is 10.8 Å². The van der Waals surface area contributed by atoms with Gasteiger partial charge in [0.1, 0.15) is 0 Å². The van der Waals surface area contributed by atoms with Gasteiger partial charge >= 0.3 is 5.97 Å². The van der Waals surface area contributed by atoms with Gasteiger partial charge in [-0.05, 0) is 43.1 Å². The molecule has 3 saturated carbocycles. The minimum Gasteiger partial charge on any atom is -0.481 e. The molecular weight excluding hydrogens is 178 g/mol. The molecule has 14 heavy (non-hydrogen) atoms. The number of carbonyl (C=O) groups is 1. The van der Waals surface area contributed by atoms with Crippen molar-refractivity contribution in [2.75, 3.05) is 6.54 Å². The largest absolute Gasteiger partial charge is 0.481 e. The van der Waals surface area contributed by atoms with Crippen molar-refractivity contribution >= 4 is 5.97 Å². The van der Waals surface area contributed by atoms with Crippen LogP contribution in [0.1, 0.15) is 38.5 Å². The van der Waals surface area contributed by atoms with Gasteiger partial charge in [0.15, 0.2) is 0 Å². The quantitative estimate of drug-likeness (QED) is 0.722. The van der Waals surface area contributed by atoms with E-state index < -0.39 is 5.97 Å². The standard InChI is InChI=1S/C11H19NO2/c12-7-11(6-10(13)14)5-8-1-3-9(11)4-2-8/h8-9H,1-7,12H2,(H,13,14). The van der Waals surface area contributed by atoms with Gasteiger partial charge in [0.05, 0.1) is 6.42 Å². The summed E-state index contributed by atoms with van der Waals surface area (Å²) >= 11 is 0. The summed E-state index contributed by atoms with van der Waals surface area (Å²) in [7, 11) is 0. The van der Waals surface area contributed by atoms with Crippen LogP contribution in [-0.4, -0.2) is 17.6 Å². The zero-order valence-corrected chi connectivity index (χ0v) is 8.54. The molecule has 1 atom stereocenters. The lowest BCUT2D eigenvalue weighted by atomic mass is 9.55. The number of hydrogen-bond acceptors (Lipinski definition) is 2. The third-order valence-corrected chi connectivity index (χ3v) is 4.32. The Morgan fingerprint density at radius 1 is 1.36 bits per heavy atom. The van der Waals surface area contributed by atoms with Crippen LogP contribution in [0, 0.1) is 17.3 Å². The summed E-state index contributed by atoms with van der Waals surface area (Å²) in [5, 5.41) is 8.93. The summed E-state index contributed by atoms with van der Waals surface area (Å²) in [6.07, 6.45) is 6.34. The van der Waals surface area contributed by atoms with Gasteiger partial charge in [0.25, 0.3) is 0 Å². The van der Waals surface area contributed by atoms with Crippen LogP contribution in [0.3, 0.4) is 0 Å². The Hall–Kier alpha value is -0.570. The topological polar surface area (TPSA) is 63.3 Å². The van der Waals surface area contributed by atoms with Gasteiger partial charge in [-0.3, -0.25) is 4.79 Å². The summed E-state index contributed by atoms with van der Waals surface area (Å²) in [5.41, 5.74) is 5.75. The van der Waals surface area contributed by atoms with E-state index >= 15 is 0 Å². The lowest BCUT2D eigenvalue weighted by molar-refractivity contribution is -0.143. The van der Waals surface area contributed by atoms with E-state index in [0.717, 1.165) is 12.3 Å². The van der Waals surface area contributed by atoms with Crippen molar-refractivity contribution in [1.82, 2.24) is 0 Å². The first-order valence-corrected chi connectivity index (χ1v) is 5.58. The maximum absolute atomic E-state index is 10.9. The number of rotatable bonds is 3. The van der Waals surface area contributed by atoms with Gasteiger partial charge in [-0.25, -0.2) is 0 Å². The lowest BCUT2D eigenvalue weighted by Crippen LogP contribution is -2.47. The SMILES string of the molecule is NCC1(CC(=O)O)CC2CCC1CC2. The Morgan fingerprint density at radius 3 is 2.36 bits per heavy atom. The smallest absolute Gasteiger partial charge is 0.303 e. The highest BCUT2D eigenvalue weighted by atomic mass is 16.4. The number of hydrogen-bond donors (Lipinski definition) is 2. The average molecular weight is 197 g/mol. The fraction of sp³-hybridized carbons (Fsp3) is 0.909. The molecule has 3 fully saturated rings. The summed E-state index contributed by atoms with van der Waals surface area (Å²) in [4.78, 5) is 10.9. The predicted molar refractivity (Wildman–Crippen MR) is 53.8 cm³/mol. The first-order chi connectivity index (χ1) is 6.66. The zero-order valence-electron chi connectivity index (χ0n) is 8.54. The van der Waals surface area contributed by atoms with E-state index in [1.54, 1.807) is 0 Å². The maximum Gasteiger partial charge on any atom is 0.303 e. The minimum absolute atomic E-state index is 0.0625. The van der Waals surface area contributed by atoms with E-state index in [1.165, 1.54) is 25.7 Å². The van der Waals surface area contributed by atoms with E-state index in [2.05, 4.69) is 0 Å². The molecule has 3 aliphatic rings. The molecule has 0 aromatic rings. The molecule has 3 N–H and O–H groups in total. The third kappa shape index (κ3) is 1.54. The number of nitrogens with two attached hydrogens (primary N) is 1. The van der Waals surface area contributed by atoms with Gasteiger partial charge in [-0.2, -0.15) is 0 Å². The molecule has 1 unspecified atom stereocenters. The van der Waals surface area contributed by atoms with Gasteiger partial charge in [0.2, 0.25) is 0 Å². The van der Waals surface area contributed by atoms with Crippen LogP contribution >= 0.6 is 0 Å². The molecule has 3 heteroatoms. The Bertz CT molecular complexity index is 233. The Labute approximate surface area is 84.7 Å². The number of aliphatic carboxylic acids is 1. The zero-order chi connectivity index (χ0) is 10.2. The monoisotopic (exact) mass is 197 g/mol. The molecule has 80 valence electrons. The molecule has 3 rings (SSSR count). The number of fused-ring (bicyclic) bond motifs is 3. The van der Waals surface area contributed by atoms with Crippen LogP contribution in [0.25, 0.3) is 0 Å². The Morgan fingerprint density at radius 2 is 2.00 bits per heavy atom. The first kappa shape index (κ1) is 9.97. The summed E-state index contributed by atoms with van der Waals surface area (Å²) in [6, 6.07) is 0. The Kier molecular flexibility index (Phi) is 2.52. The highest BCUT2D eigenvalue weighted by Crippen LogP contribution is 2.53. The normalized spacial score (nSPS) is 41.2. The van der Waals surface area contributed by atoms with Crippen LogP contribution in [0.15, 0.2) is 0 Å². The average Bonchev–Trinajstić information content (AvgIpc) is 2.18. The molecule has 0 saturated heterocycles. The van der Waals surface area contributed by atoms with Crippen LogP contribution in [0.5, 0.6) is 0 Å². The molecule has 3 aliphatic carbocycles. The molecule has 2 bridgehead atoms. The van der Waals surface area contributed by atoms with Crippen molar-refractivity contribution in [2.24, 2.45) is 23.0 Å². The van der Waals surface area contributed by atoms with Crippen molar-refractivity contribution < 1.29 is 9.90 Å². The van der Waals surface area contributed by atoms with Gasteiger partial charge in [0, 0.05) is 0 Å². The van der Waals surface area contributed by atoms with E-state index in [1.807, 2.05) is 0 Å². The lowest BCUT2D eigenvalue weighted by Gasteiger charge is -2.51. The second-order valence-corrected chi connectivity index (χ2v) is 5.06. The van der Waals surface area contributed by atoms with Crippen molar-refractivity contribution in [3.05, 3.63) is 0 Å². The van der Waals surface area contributed by atoms with Crippen molar-refractivity contribution in [2.45, 2.75) is 38.5 Å². The Balaban J connectivity index is 2.15. The van der Waals surface area contributed by atoms with E-state index in [0.29, 0.717) is 12.5 Å². The fourth-order valence-corrected chi connectivity index (χ4v) is 3.56. The molecular formula is C11H19NO2. The molecule has 0 aliphatic heterocycles. The molecule has 0 spiro atoms. The van der Waals surface area contributed by atoms with E-state index in [9.17, 15) is 4.79 Å². The number of carboxylic acids is 1. The molecule has 0 aromatic carbocycles. The second kappa shape index (κ2) is 3.54. The van der Waals surface area contributed by atoms with Gasteiger partial charge in [-0.15, -0.1) is 0 Å². The molecule has 0 aromatic heterocycles. The van der Waals surface area contributed by atoms with Crippen molar-refractivity contribution in [3.8, 4) is 0 Å². The highest BCUT2D eigenvalue weighted by Gasteiger charge is 2.47. The fourth-order valence-electron chi connectivity index (χ4n) is 3.56. The molecule has 0 heterocycles. The second-order valence-electron chi connectivity index (χ2n) is 5.06. The highest BCUT2D eigenvalue weighted by molar-refractivity contribution is 5.68. The van der Waals surface area contributed by atoms with Crippen LogP contribution in [0.2, 0.25) is 0 Å². The predicted octanol–water partition coefficient (Wildman–Crippen LogP) is 1.62. The van der Waals surface area contributed by atoms with Crippen molar-refractivity contribution in [1.29, 1.82) is 0 Å². The molecule has 3 nitrogen and oxygen atoms in total. The van der Waals surface area contributed by atoms with E-state index in [-0.39, 0.29) is 11.8 Å². The van der Waals surface area contributed by atoms with Crippen LogP contribution in [-0.2, 0) is 4.79 Å². The minimum atomic E-state index is -0.678. The van der Waals surface area contributed by atoms with Crippen LogP contribution < -0.4 is 5.73 Å². The summed E-state index contributed by atoms with van der Waals surface area (Å²) in [6.45, 7) is 0.556. The molecule has 0 radical (unpaired) electrons. The van der Waals surface area contributed by atoms with Gasteiger partial charge < -0.3 is 10.8 Å². The maximum atomic E-state index is 10.9. The summed E-state index contributed by atoms with van der Waals surface area (Å²) < 4.78 is 0. The first-order valence-electron chi connectivity index (χ1n) is 5.58. The number of carboxylic acid groups (broad SMARTS) is 1. The third-order valence-electron chi connectivity index (χ3n) is 4.32.